The second kappa shape index (κ2) is 9.43. The van der Waals surface area contributed by atoms with Crippen molar-refractivity contribution in [3.8, 4) is 5.75 Å². The molecule has 0 spiro atoms. The Morgan fingerprint density at radius 1 is 1.15 bits per heavy atom. The molecule has 144 valence electrons. The summed E-state index contributed by atoms with van der Waals surface area (Å²) in [7, 11) is 0. The lowest BCUT2D eigenvalue weighted by atomic mass is 10.1. The van der Waals surface area contributed by atoms with Crippen LogP contribution in [0.2, 0.25) is 0 Å². The molecule has 0 amide bonds. The molecule has 2 heterocycles. The van der Waals surface area contributed by atoms with E-state index in [1.165, 1.54) is 0 Å². The van der Waals surface area contributed by atoms with Gasteiger partial charge in [-0.2, -0.15) is 0 Å². The minimum Gasteiger partial charge on any atom is -0.491 e. The van der Waals surface area contributed by atoms with E-state index in [2.05, 4.69) is 19.8 Å². The quantitative estimate of drug-likeness (QED) is 0.708. The zero-order valence-electron chi connectivity index (χ0n) is 15.6. The van der Waals surface area contributed by atoms with Crippen LogP contribution in [0.5, 0.6) is 5.75 Å². The molecule has 0 saturated carbocycles. The van der Waals surface area contributed by atoms with Crippen LogP contribution in [0.4, 0.5) is 5.95 Å². The van der Waals surface area contributed by atoms with Crippen molar-refractivity contribution in [1.82, 2.24) is 14.9 Å². The number of ether oxygens (including phenoxy) is 1. The maximum Gasteiger partial charge on any atom is 0.225 e. The molecule has 27 heavy (non-hydrogen) atoms. The Balaban J connectivity index is 1.40. The molecule has 0 aliphatic carbocycles. The maximum atomic E-state index is 11.6. The van der Waals surface area contributed by atoms with Gasteiger partial charge in [0.05, 0.1) is 0 Å². The second-order valence-electron chi connectivity index (χ2n) is 6.60. The first kappa shape index (κ1) is 19.3. The standard InChI is InChI=1S/C20H26N4O3/c1-2-19(26)16-4-6-18(7-5-16)27-15-17(25)14-23-10-12-24(13-11-23)20-21-8-3-9-22-20/h3-9,17,25H,2,10-15H2,1H3. The van der Waals surface area contributed by atoms with Crippen molar-refractivity contribution in [2.45, 2.75) is 19.4 Å². The van der Waals surface area contributed by atoms with Crippen molar-refractivity contribution in [2.75, 3.05) is 44.2 Å². The second-order valence-corrected chi connectivity index (χ2v) is 6.60. The molecule has 2 aromatic rings. The normalized spacial score (nSPS) is 16.1. The van der Waals surface area contributed by atoms with E-state index in [-0.39, 0.29) is 12.4 Å². The fourth-order valence-electron chi connectivity index (χ4n) is 3.07. The minimum atomic E-state index is -0.568. The van der Waals surface area contributed by atoms with E-state index in [9.17, 15) is 9.90 Å². The number of piperazine rings is 1. The molecule has 0 radical (unpaired) electrons. The Hall–Kier alpha value is -2.51. The number of rotatable bonds is 8. The number of anilines is 1. The predicted molar refractivity (Wildman–Crippen MR) is 103 cm³/mol. The Kier molecular flexibility index (Phi) is 6.73. The number of aliphatic hydroxyl groups is 1. The smallest absolute Gasteiger partial charge is 0.225 e. The van der Waals surface area contributed by atoms with Crippen molar-refractivity contribution < 1.29 is 14.6 Å². The topological polar surface area (TPSA) is 78.8 Å². The van der Waals surface area contributed by atoms with E-state index in [1.807, 2.05) is 13.0 Å². The third kappa shape index (κ3) is 5.48. The third-order valence-corrected chi connectivity index (χ3v) is 4.62. The Bertz CT molecular complexity index is 716. The molecule has 1 atom stereocenters. The van der Waals surface area contributed by atoms with Gasteiger partial charge < -0.3 is 14.7 Å². The number of hydrogen-bond acceptors (Lipinski definition) is 7. The molecule has 1 aromatic heterocycles. The van der Waals surface area contributed by atoms with Crippen molar-refractivity contribution in [3.05, 3.63) is 48.3 Å². The van der Waals surface area contributed by atoms with Gasteiger partial charge in [0.15, 0.2) is 5.78 Å². The largest absolute Gasteiger partial charge is 0.491 e. The highest BCUT2D eigenvalue weighted by Crippen LogP contribution is 2.14. The van der Waals surface area contributed by atoms with E-state index in [1.54, 1.807) is 36.7 Å². The van der Waals surface area contributed by atoms with Gasteiger partial charge in [-0.3, -0.25) is 9.69 Å². The highest BCUT2D eigenvalue weighted by Gasteiger charge is 2.20. The summed E-state index contributed by atoms with van der Waals surface area (Å²) in [5, 5.41) is 10.3. The average Bonchev–Trinajstić information content (AvgIpc) is 2.73. The summed E-state index contributed by atoms with van der Waals surface area (Å²) in [6, 6.07) is 8.88. The third-order valence-electron chi connectivity index (χ3n) is 4.62. The number of carbonyl (C=O) groups is 1. The molecule has 7 nitrogen and oxygen atoms in total. The number of nitrogens with zero attached hydrogens (tertiary/aromatic N) is 4. The van der Waals surface area contributed by atoms with E-state index >= 15 is 0 Å². The number of ketones is 1. The summed E-state index contributed by atoms with van der Waals surface area (Å²) in [6.45, 7) is 6.01. The lowest BCUT2D eigenvalue weighted by Gasteiger charge is -2.35. The number of carbonyl (C=O) groups excluding carboxylic acids is 1. The van der Waals surface area contributed by atoms with Crippen molar-refractivity contribution in [2.24, 2.45) is 0 Å². The van der Waals surface area contributed by atoms with Gasteiger partial charge in [0.25, 0.3) is 0 Å². The zero-order chi connectivity index (χ0) is 19.1. The number of aromatic nitrogens is 2. The fraction of sp³-hybridized carbons (Fsp3) is 0.450. The van der Waals surface area contributed by atoms with Crippen LogP contribution >= 0.6 is 0 Å². The van der Waals surface area contributed by atoms with Crippen LogP contribution in [0.1, 0.15) is 23.7 Å². The summed E-state index contributed by atoms with van der Waals surface area (Å²) in [5.41, 5.74) is 0.686. The van der Waals surface area contributed by atoms with E-state index in [0.29, 0.717) is 24.3 Å². The average molecular weight is 370 g/mol. The van der Waals surface area contributed by atoms with Crippen LogP contribution in [-0.4, -0.2) is 71.2 Å². The summed E-state index contributed by atoms with van der Waals surface area (Å²) >= 11 is 0. The lowest BCUT2D eigenvalue weighted by Crippen LogP contribution is -2.49. The van der Waals surface area contributed by atoms with Gasteiger partial charge in [-0.15, -0.1) is 0 Å². The van der Waals surface area contributed by atoms with Crippen molar-refractivity contribution >= 4 is 11.7 Å². The molecule has 0 bridgehead atoms. The Morgan fingerprint density at radius 3 is 2.44 bits per heavy atom. The van der Waals surface area contributed by atoms with Crippen LogP contribution in [0, 0.1) is 0 Å². The fourth-order valence-corrected chi connectivity index (χ4v) is 3.07. The van der Waals surface area contributed by atoms with Gasteiger partial charge in [-0.1, -0.05) is 6.92 Å². The number of hydrogen-bond donors (Lipinski definition) is 1. The molecule has 1 aliphatic rings. The van der Waals surface area contributed by atoms with Gasteiger partial charge in [-0.05, 0) is 30.3 Å². The first-order valence-corrected chi connectivity index (χ1v) is 9.34. The maximum absolute atomic E-state index is 11.6. The van der Waals surface area contributed by atoms with Gasteiger partial charge in [0.2, 0.25) is 5.95 Å². The van der Waals surface area contributed by atoms with E-state index in [4.69, 9.17) is 4.74 Å². The monoisotopic (exact) mass is 370 g/mol. The first-order valence-electron chi connectivity index (χ1n) is 9.34. The molecule has 1 unspecified atom stereocenters. The van der Waals surface area contributed by atoms with Gasteiger partial charge in [0.1, 0.15) is 18.5 Å². The molecule has 1 aromatic carbocycles. The van der Waals surface area contributed by atoms with Crippen molar-refractivity contribution in [3.63, 3.8) is 0 Å². The summed E-state index contributed by atoms with van der Waals surface area (Å²) < 4.78 is 5.65. The van der Waals surface area contributed by atoms with Gasteiger partial charge in [-0.25, -0.2) is 9.97 Å². The Labute approximate surface area is 159 Å². The van der Waals surface area contributed by atoms with E-state index in [0.717, 1.165) is 32.1 Å². The molecule has 1 aliphatic heterocycles. The number of Topliss-reactive ketones (excluding diaryl/α,β-unsaturated/α-hetero) is 1. The van der Waals surface area contributed by atoms with Gasteiger partial charge in [0, 0.05) is 57.1 Å². The first-order chi connectivity index (χ1) is 13.2. The summed E-state index contributed by atoms with van der Waals surface area (Å²) in [6.07, 6.45) is 3.42. The molecule has 3 rings (SSSR count). The van der Waals surface area contributed by atoms with Crippen LogP contribution in [0.15, 0.2) is 42.7 Å². The molecule has 1 N–H and O–H groups in total. The van der Waals surface area contributed by atoms with Crippen LogP contribution in [0.25, 0.3) is 0 Å². The molecule has 1 fully saturated rings. The number of β-amino-alcohol motifs (C(OH)–C–C–N with tert-alkyl or cyclic N) is 1. The molecule has 1 saturated heterocycles. The van der Waals surface area contributed by atoms with Crippen LogP contribution < -0.4 is 9.64 Å². The summed E-state index contributed by atoms with van der Waals surface area (Å²) in [4.78, 5) is 24.6. The molecule has 7 heteroatoms. The van der Waals surface area contributed by atoms with Gasteiger partial charge >= 0.3 is 0 Å². The Morgan fingerprint density at radius 2 is 1.81 bits per heavy atom. The number of aliphatic hydroxyl groups excluding tert-OH is 1. The lowest BCUT2D eigenvalue weighted by molar-refractivity contribution is 0.0662. The zero-order valence-corrected chi connectivity index (χ0v) is 15.6. The summed E-state index contributed by atoms with van der Waals surface area (Å²) in [5.74, 6) is 1.53. The molecular formula is C20H26N4O3. The highest BCUT2D eigenvalue weighted by atomic mass is 16.5. The van der Waals surface area contributed by atoms with E-state index < -0.39 is 6.10 Å². The molecular weight excluding hydrogens is 344 g/mol. The van der Waals surface area contributed by atoms with Crippen molar-refractivity contribution in [1.29, 1.82) is 0 Å². The number of benzene rings is 1. The van der Waals surface area contributed by atoms with Crippen LogP contribution in [0.3, 0.4) is 0 Å². The highest BCUT2D eigenvalue weighted by molar-refractivity contribution is 5.95. The van der Waals surface area contributed by atoms with Crippen LogP contribution in [-0.2, 0) is 0 Å². The SMILES string of the molecule is CCC(=O)c1ccc(OCC(O)CN2CCN(c3ncccn3)CC2)cc1. The minimum absolute atomic E-state index is 0.113. The predicted octanol–water partition coefficient (Wildman–Crippen LogP) is 1.63.